The standard InChI is InChI=1S/C10H11F6NO7S/c1-5(11)6(18)24-9(7(19)17-2,10(14,15)16)23-4-3-8(12,13)25(20,21)22/h1,3-4H2,2H3,(H,17,19)(H,20,21,22). The normalized spacial score (nSPS) is 15.2. The number of hydrogen-bond donors (Lipinski definition) is 2. The van der Waals surface area contributed by atoms with E-state index in [0.29, 0.717) is 7.05 Å². The van der Waals surface area contributed by atoms with Gasteiger partial charge in [0.25, 0.3) is 0 Å². The van der Waals surface area contributed by atoms with Gasteiger partial charge in [0.05, 0.1) is 13.0 Å². The maximum atomic E-state index is 13.1. The quantitative estimate of drug-likeness (QED) is 0.203. The van der Waals surface area contributed by atoms with Crippen molar-refractivity contribution in [2.45, 2.75) is 23.6 Å². The topological polar surface area (TPSA) is 119 Å². The Morgan fingerprint density at radius 2 is 1.68 bits per heavy atom. The first-order chi connectivity index (χ1) is 11.0. The first-order valence-electron chi connectivity index (χ1n) is 5.87. The fraction of sp³-hybridized carbons (Fsp3) is 0.600. The Morgan fingerprint density at radius 1 is 1.20 bits per heavy atom. The summed E-state index contributed by atoms with van der Waals surface area (Å²) in [6, 6.07) is 0. The molecular weight excluding hydrogens is 392 g/mol. The van der Waals surface area contributed by atoms with E-state index in [2.05, 4.69) is 16.1 Å². The zero-order valence-corrected chi connectivity index (χ0v) is 13.0. The van der Waals surface area contributed by atoms with Gasteiger partial charge < -0.3 is 14.8 Å². The minimum atomic E-state index is -5.99. The number of hydrogen-bond acceptors (Lipinski definition) is 6. The van der Waals surface area contributed by atoms with E-state index >= 15 is 0 Å². The number of carbonyl (C=O) groups excluding carboxylic acids is 2. The number of nitrogens with one attached hydrogen (secondary N) is 1. The summed E-state index contributed by atoms with van der Waals surface area (Å²) in [4.78, 5) is 22.5. The predicted molar refractivity (Wildman–Crippen MR) is 66.3 cm³/mol. The second-order valence-electron chi connectivity index (χ2n) is 4.20. The van der Waals surface area contributed by atoms with Crippen molar-refractivity contribution in [1.29, 1.82) is 0 Å². The van der Waals surface area contributed by atoms with Gasteiger partial charge in [0.15, 0.2) is 0 Å². The summed E-state index contributed by atoms with van der Waals surface area (Å²) in [5, 5.41) is -3.56. The Balaban J connectivity index is 5.71. The van der Waals surface area contributed by atoms with Crippen molar-refractivity contribution in [3.8, 4) is 0 Å². The van der Waals surface area contributed by atoms with Gasteiger partial charge in [-0.05, 0) is 0 Å². The molecule has 25 heavy (non-hydrogen) atoms. The maximum Gasteiger partial charge on any atom is 0.466 e. The van der Waals surface area contributed by atoms with E-state index < -0.39 is 58.1 Å². The third kappa shape index (κ3) is 5.30. The Morgan fingerprint density at radius 3 is 2.00 bits per heavy atom. The zero-order valence-electron chi connectivity index (χ0n) is 12.2. The molecule has 0 bridgehead atoms. The van der Waals surface area contributed by atoms with Gasteiger partial charge in [-0.15, -0.1) is 0 Å². The van der Waals surface area contributed by atoms with Crippen molar-refractivity contribution in [3.05, 3.63) is 12.4 Å². The number of esters is 1. The van der Waals surface area contributed by atoms with E-state index in [1.54, 1.807) is 0 Å². The molecule has 0 radical (unpaired) electrons. The molecule has 0 rings (SSSR count). The number of amides is 1. The number of alkyl halides is 5. The molecule has 1 unspecified atom stereocenters. The van der Waals surface area contributed by atoms with Crippen LogP contribution in [0.3, 0.4) is 0 Å². The molecule has 1 atom stereocenters. The lowest BCUT2D eigenvalue weighted by atomic mass is 10.2. The molecule has 0 aromatic rings. The molecule has 2 N–H and O–H groups in total. The van der Waals surface area contributed by atoms with Crippen molar-refractivity contribution < 1.29 is 58.4 Å². The van der Waals surface area contributed by atoms with Crippen molar-refractivity contribution in [1.82, 2.24) is 5.32 Å². The maximum absolute atomic E-state index is 13.1. The average Bonchev–Trinajstić information content (AvgIpc) is 2.42. The van der Waals surface area contributed by atoms with E-state index in [4.69, 9.17) is 4.55 Å². The molecule has 15 heteroatoms. The van der Waals surface area contributed by atoms with Crippen LogP contribution in [0.2, 0.25) is 0 Å². The predicted octanol–water partition coefficient (Wildman–Crippen LogP) is 0.905. The van der Waals surface area contributed by atoms with Gasteiger partial charge in [0, 0.05) is 7.05 Å². The number of likely N-dealkylation sites (N-methyl/N-ethyl adjacent to an activating group) is 1. The molecule has 1 amide bonds. The largest absolute Gasteiger partial charge is 0.466 e. The molecule has 0 fully saturated rings. The number of rotatable bonds is 8. The Hall–Kier alpha value is -1.87. The second-order valence-corrected chi connectivity index (χ2v) is 5.75. The lowest BCUT2D eigenvalue weighted by Gasteiger charge is -2.32. The van der Waals surface area contributed by atoms with Crippen molar-refractivity contribution in [3.63, 3.8) is 0 Å². The monoisotopic (exact) mass is 403 g/mol. The molecule has 0 aromatic carbocycles. The van der Waals surface area contributed by atoms with Crippen LogP contribution in [0.1, 0.15) is 6.42 Å². The summed E-state index contributed by atoms with van der Waals surface area (Å²) in [5.41, 5.74) is 0. The summed E-state index contributed by atoms with van der Waals surface area (Å²) >= 11 is 0. The number of halogens is 6. The van der Waals surface area contributed by atoms with Crippen LogP contribution in [0.25, 0.3) is 0 Å². The minimum absolute atomic E-state index is 0.622. The summed E-state index contributed by atoms with van der Waals surface area (Å²) < 4.78 is 114. The highest BCUT2D eigenvalue weighted by Crippen LogP contribution is 2.37. The Labute approximate surface area is 136 Å². The summed E-state index contributed by atoms with van der Waals surface area (Å²) in [6.07, 6.45) is -7.93. The molecule has 0 saturated carbocycles. The first-order valence-corrected chi connectivity index (χ1v) is 7.31. The number of ether oxygens (including phenoxy) is 2. The molecule has 0 aliphatic heterocycles. The molecule has 0 aliphatic rings. The highest BCUT2D eigenvalue weighted by molar-refractivity contribution is 7.86. The van der Waals surface area contributed by atoms with Crippen LogP contribution in [0.15, 0.2) is 12.4 Å². The fourth-order valence-corrected chi connectivity index (χ4v) is 1.54. The van der Waals surface area contributed by atoms with E-state index in [1.807, 2.05) is 0 Å². The molecule has 0 spiro atoms. The van der Waals surface area contributed by atoms with Crippen molar-refractivity contribution in [2.75, 3.05) is 13.7 Å². The highest BCUT2D eigenvalue weighted by Gasteiger charge is 2.66. The van der Waals surface area contributed by atoms with E-state index in [-0.39, 0.29) is 0 Å². The van der Waals surface area contributed by atoms with Gasteiger partial charge >= 0.3 is 39.2 Å². The molecule has 0 aromatic heterocycles. The van der Waals surface area contributed by atoms with Gasteiger partial charge in [-0.25, -0.2) is 4.79 Å². The first kappa shape index (κ1) is 23.1. The molecule has 0 aliphatic carbocycles. The smallest absolute Gasteiger partial charge is 0.410 e. The van der Waals surface area contributed by atoms with Crippen LogP contribution >= 0.6 is 0 Å². The Bertz CT molecular complexity index is 647. The van der Waals surface area contributed by atoms with E-state index in [9.17, 15) is 44.3 Å². The highest BCUT2D eigenvalue weighted by atomic mass is 32.2. The molecular formula is C10H11F6NO7S. The lowest BCUT2D eigenvalue weighted by molar-refractivity contribution is -0.348. The van der Waals surface area contributed by atoms with Crippen LogP contribution in [0.5, 0.6) is 0 Å². The second kappa shape index (κ2) is 7.57. The van der Waals surface area contributed by atoms with Gasteiger partial charge in [-0.3, -0.25) is 9.35 Å². The van der Waals surface area contributed by atoms with Crippen LogP contribution in [-0.4, -0.2) is 55.7 Å². The molecule has 146 valence electrons. The van der Waals surface area contributed by atoms with Crippen LogP contribution in [0.4, 0.5) is 26.3 Å². The van der Waals surface area contributed by atoms with E-state index in [0.717, 1.165) is 0 Å². The summed E-state index contributed by atoms with van der Waals surface area (Å²) in [7, 11) is -5.37. The third-order valence-electron chi connectivity index (χ3n) is 2.43. The lowest BCUT2D eigenvalue weighted by Crippen LogP contribution is -2.61. The fourth-order valence-electron chi connectivity index (χ4n) is 1.20. The van der Waals surface area contributed by atoms with Crippen molar-refractivity contribution in [2.24, 2.45) is 0 Å². The summed E-state index contributed by atoms with van der Waals surface area (Å²) in [5.74, 6) is -11.2. The van der Waals surface area contributed by atoms with Gasteiger partial charge in [0.2, 0.25) is 5.83 Å². The van der Waals surface area contributed by atoms with Crippen LogP contribution in [-0.2, 0) is 29.2 Å². The summed E-state index contributed by atoms with van der Waals surface area (Å²) in [6.45, 7) is 0.489. The van der Waals surface area contributed by atoms with Crippen LogP contribution < -0.4 is 5.32 Å². The molecule has 8 nitrogen and oxygen atoms in total. The average molecular weight is 403 g/mol. The zero-order chi connectivity index (χ0) is 20.3. The molecule has 0 saturated heterocycles. The Kier molecular flexibility index (Phi) is 7.00. The van der Waals surface area contributed by atoms with Gasteiger partial charge in [0.1, 0.15) is 0 Å². The van der Waals surface area contributed by atoms with Crippen molar-refractivity contribution >= 4 is 22.0 Å². The minimum Gasteiger partial charge on any atom is -0.410 e. The van der Waals surface area contributed by atoms with Gasteiger partial charge in [-0.1, -0.05) is 6.58 Å². The van der Waals surface area contributed by atoms with Gasteiger partial charge in [-0.2, -0.15) is 34.8 Å². The van der Waals surface area contributed by atoms with E-state index in [1.165, 1.54) is 5.32 Å². The van der Waals surface area contributed by atoms with Crippen LogP contribution in [0, 0.1) is 0 Å². The number of carbonyl (C=O) groups is 2. The SMILES string of the molecule is C=C(F)C(=O)OC(OCCC(F)(F)S(=O)(=O)O)(C(=O)NC)C(F)(F)F. The molecule has 0 heterocycles. The third-order valence-corrected chi connectivity index (χ3v) is 3.39.